The Labute approximate surface area is 150 Å². The van der Waals surface area contributed by atoms with Crippen molar-refractivity contribution in [1.29, 1.82) is 0 Å². The predicted molar refractivity (Wildman–Crippen MR) is 97.1 cm³/mol. The van der Waals surface area contributed by atoms with Gasteiger partial charge >= 0.3 is 0 Å². The number of benzene rings is 1. The number of likely N-dealkylation sites (tertiary alicyclic amines) is 1. The summed E-state index contributed by atoms with van der Waals surface area (Å²) in [5.41, 5.74) is 1.28. The summed E-state index contributed by atoms with van der Waals surface area (Å²) >= 11 is 0. The molecule has 3 heterocycles. The first kappa shape index (κ1) is 16.3. The number of ketones is 1. The van der Waals surface area contributed by atoms with Gasteiger partial charge in [-0.2, -0.15) is 0 Å². The van der Waals surface area contributed by atoms with E-state index in [-0.39, 0.29) is 6.10 Å². The van der Waals surface area contributed by atoms with E-state index in [0.717, 1.165) is 16.7 Å². The van der Waals surface area contributed by atoms with E-state index in [1.807, 2.05) is 36.4 Å². The van der Waals surface area contributed by atoms with Crippen molar-refractivity contribution in [2.45, 2.75) is 18.9 Å². The number of amides is 1. The van der Waals surface area contributed by atoms with Gasteiger partial charge in [0.05, 0.1) is 11.8 Å². The molecule has 0 spiro atoms. The fourth-order valence-electron chi connectivity index (χ4n) is 3.30. The molecule has 132 valence electrons. The fourth-order valence-corrected chi connectivity index (χ4v) is 3.30. The number of nitrogens with zero attached hydrogens (tertiary/aromatic N) is 2. The van der Waals surface area contributed by atoms with Crippen LogP contribution in [0.3, 0.4) is 0 Å². The summed E-state index contributed by atoms with van der Waals surface area (Å²) in [6.45, 7) is 1.02. The predicted octanol–water partition coefficient (Wildman–Crippen LogP) is 2.82. The summed E-state index contributed by atoms with van der Waals surface area (Å²) in [6, 6.07) is 11.2. The molecule has 6 nitrogen and oxygen atoms in total. The van der Waals surface area contributed by atoms with Crippen molar-refractivity contribution in [3.63, 3.8) is 0 Å². The molecule has 0 bridgehead atoms. The van der Waals surface area contributed by atoms with Crippen molar-refractivity contribution in [3.8, 4) is 5.75 Å². The van der Waals surface area contributed by atoms with Crippen molar-refractivity contribution < 1.29 is 14.3 Å². The SMILES string of the molecule is O=C(C(=O)N1CCC(Oc2cccnc2)CC1)c1c[nH]c2ccccc12. The van der Waals surface area contributed by atoms with Crippen molar-refractivity contribution >= 4 is 22.6 Å². The highest BCUT2D eigenvalue weighted by molar-refractivity contribution is 6.44. The Hall–Kier alpha value is -3.15. The number of aromatic amines is 1. The number of carbonyl (C=O) groups is 2. The Bertz CT molecular complexity index is 928. The Morgan fingerprint density at radius 3 is 2.69 bits per heavy atom. The number of para-hydroxylation sites is 1. The molecule has 3 aromatic rings. The molecule has 1 saturated heterocycles. The normalized spacial score (nSPS) is 15.2. The average Bonchev–Trinajstić information content (AvgIpc) is 3.12. The molecule has 0 aliphatic carbocycles. The lowest BCUT2D eigenvalue weighted by Crippen LogP contribution is -2.44. The van der Waals surface area contributed by atoms with E-state index < -0.39 is 11.7 Å². The summed E-state index contributed by atoms with van der Waals surface area (Å²) < 4.78 is 5.88. The van der Waals surface area contributed by atoms with Crippen molar-refractivity contribution in [1.82, 2.24) is 14.9 Å². The minimum absolute atomic E-state index is 0.0337. The van der Waals surface area contributed by atoms with Gasteiger partial charge in [0.25, 0.3) is 11.7 Å². The van der Waals surface area contributed by atoms with E-state index in [2.05, 4.69) is 9.97 Å². The van der Waals surface area contributed by atoms with Crippen LogP contribution in [0.5, 0.6) is 5.75 Å². The second-order valence-corrected chi connectivity index (χ2v) is 6.38. The van der Waals surface area contributed by atoms with E-state index in [4.69, 9.17) is 4.74 Å². The summed E-state index contributed by atoms with van der Waals surface area (Å²) in [7, 11) is 0. The summed E-state index contributed by atoms with van der Waals surface area (Å²) in [5, 5.41) is 0.778. The Morgan fingerprint density at radius 2 is 1.92 bits per heavy atom. The Morgan fingerprint density at radius 1 is 1.12 bits per heavy atom. The fraction of sp³-hybridized carbons (Fsp3) is 0.250. The van der Waals surface area contributed by atoms with E-state index >= 15 is 0 Å². The number of pyridine rings is 1. The average molecular weight is 349 g/mol. The number of Topliss-reactive ketones (excluding diaryl/α,β-unsaturated/α-hetero) is 1. The highest BCUT2D eigenvalue weighted by atomic mass is 16.5. The van der Waals surface area contributed by atoms with Crippen molar-refractivity contribution in [2.75, 3.05) is 13.1 Å². The maximum Gasteiger partial charge on any atom is 0.295 e. The first-order valence-corrected chi connectivity index (χ1v) is 8.69. The number of hydrogen-bond donors (Lipinski definition) is 1. The molecular weight excluding hydrogens is 330 g/mol. The molecule has 0 unspecified atom stereocenters. The first-order valence-electron chi connectivity index (χ1n) is 8.69. The van der Waals surface area contributed by atoms with Gasteiger partial charge in [0.1, 0.15) is 11.9 Å². The standard InChI is InChI=1S/C20H19N3O3/c24-19(17-13-22-18-6-2-1-5-16(17)18)20(25)23-10-7-14(8-11-23)26-15-4-3-9-21-12-15/h1-6,9,12-14,22H,7-8,10-11H2. The van der Waals surface area contributed by atoms with Crippen LogP contribution in [0, 0.1) is 0 Å². The van der Waals surface area contributed by atoms with Crippen LogP contribution in [0.4, 0.5) is 0 Å². The molecule has 0 atom stereocenters. The van der Waals surface area contributed by atoms with Crippen LogP contribution >= 0.6 is 0 Å². The summed E-state index contributed by atoms with van der Waals surface area (Å²) in [5.74, 6) is -0.184. The van der Waals surface area contributed by atoms with Crippen LogP contribution in [0.25, 0.3) is 10.9 Å². The third-order valence-electron chi connectivity index (χ3n) is 4.69. The molecule has 4 rings (SSSR count). The van der Waals surface area contributed by atoms with Gasteiger partial charge in [-0.1, -0.05) is 18.2 Å². The second kappa shape index (κ2) is 7.00. The number of nitrogens with one attached hydrogen (secondary N) is 1. The minimum atomic E-state index is -0.464. The van der Waals surface area contributed by atoms with Crippen molar-refractivity contribution in [2.24, 2.45) is 0 Å². The maximum atomic E-state index is 12.6. The molecule has 26 heavy (non-hydrogen) atoms. The van der Waals surface area contributed by atoms with Crippen LogP contribution in [-0.4, -0.2) is 45.8 Å². The smallest absolute Gasteiger partial charge is 0.295 e. The van der Waals surface area contributed by atoms with Crippen LogP contribution in [0.15, 0.2) is 55.0 Å². The molecule has 1 aromatic carbocycles. The van der Waals surface area contributed by atoms with Gasteiger partial charge in [0.15, 0.2) is 0 Å². The zero-order valence-corrected chi connectivity index (χ0v) is 14.2. The first-order chi connectivity index (χ1) is 12.7. The molecule has 1 aliphatic heterocycles. The zero-order valence-electron chi connectivity index (χ0n) is 14.2. The lowest BCUT2D eigenvalue weighted by molar-refractivity contribution is -0.128. The zero-order chi connectivity index (χ0) is 17.9. The monoisotopic (exact) mass is 349 g/mol. The van der Waals surface area contributed by atoms with Gasteiger partial charge in [-0.3, -0.25) is 14.6 Å². The molecule has 1 amide bonds. The molecule has 1 aliphatic rings. The number of hydrogen-bond acceptors (Lipinski definition) is 4. The number of aromatic nitrogens is 2. The van der Waals surface area contributed by atoms with E-state index in [0.29, 0.717) is 31.5 Å². The van der Waals surface area contributed by atoms with Gasteiger partial charge in [-0.25, -0.2) is 0 Å². The number of fused-ring (bicyclic) bond motifs is 1. The van der Waals surface area contributed by atoms with Crippen LogP contribution in [-0.2, 0) is 4.79 Å². The van der Waals surface area contributed by atoms with E-state index in [9.17, 15) is 9.59 Å². The molecule has 1 N–H and O–H groups in total. The molecule has 6 heteroatoms. The number of rotatable bonds is 4. The maximum absolute atomic E-state index is 12.6. The second-order valence-electron chi connectivity index (χ2n) is 6.38. The van der Waals surface area contributed by atoms with Crippen LogP contribution in [0.1, 0.15) is 23.2 Å². The molecule has 0 saturated carbocycles. The highest BCUT2D eigenvalue weighted by Gasteiger charge is 2.29. The third kappa shape index (κ3) is 3.18. The Balaban J connectivity index is 1.39. The van der Waals surface area contributed by atoms with E-state index in [1.54, 1.807) is 23.5 Å². The molecule has 1 fully saturated rings. The van der Waals surface area contributed by atoms with Gasteiger partial charge in [0, 0.05) is 49.2 Å². The number of piperidine rings is 1. The topological polar surface area (TPSA) is 75.3 Å². The van der Waals surface area contributed by atoms with Crippen LogP contribution in [0.2, 0.25) is 0 Å². The largest absolute Gasteiger partial charge is 0.489 e. The molecule has 0 radical (unpaired) electrons. The number of carbonyl (C=O) groups excluding carboxylic acids is 2. The quantitative estimate of drug-likeness (QED) is 0.580. The van der Waals surface area contributed by atoms with Gasteiger partial charge in [0.2, 0.25) is 0 Å². The third-order valence-corrected chi connectivity index (χ3v) is 4.69. The van der Waals surface area contributed by atoms with Crippen LogP contribution < -0.4 is 4.74 Å². The number of ether oxygens (including phenoxy) is 1. The molecular formula is C20H19N3O3. The lowest BCUT2D eigenvalue weighted by atomic mass is 10.0. The minimum Gasteiger partial charge on any atom is -0.489 e. The molecule has 2 aromatic heterocycles. The van der Waals surface area contributed by atoms with Gasteiger partial charge in [-0.05, 0) is 18.2 Å². The van der Waals surface area contributed by atoms with E-state index in [1.165, 1.54) is 0 Å². The Kier molecular flexibility index (Phi) is 4.39. The van der Waals surface area contributed by atoms with Gasteiger partial charge < -0.3 is 14.6 Å². The van der Waals surface area contributed by atoms with Crippen molar-refractivity contribution in [3.05, 3.63) is 60.6 Å². The highest BCUT2D eigenvalue weighted by Crippen LogP contribution is 2.21. The summed E-state index contributed by atoms with van der Waals surface area (Å²) in [6.07, 6.45) is 6.42. The van der Waals surface area contributed by atoms with Gasteiger partial charge in [-0.15, -0.1) is 0 Å². The lowest BCUT2D eigenvalue weighted by Gasteiger charge is -2.31. The number of H-pyrrole nitrogens is 1. The summed E-state index contributed by atoms with van der Waals surface area (Å²) in [4.78, 5) is 34.0.